The van der Waals surface area contributed by atoms with Crippen LogP contribution in [0, 0.1) is 17.7 Å². The Morgan fingerprint density at radius 3 is 2.76 bits per heavy atom. The average molecular weight is 293 g/mol. The van der Waals surface area contributed by atoms with E-state index in [0.29, 0.717) is 5.56 Å². The molecule has 1 heterocycles. The van der Waals surface area contributed by atoms with Gasteiger partial charge in [0.1, 0.15) is 5.82 Å². The third-order valence-corrected chi connectivity index (χ3v) is 4.54. The summed E-state index contributed by atoms with van der Waals surface area (Å²) in [5, 5.41) is 0. The molecule has 2 rings (SSSR count). The van der Waals surface area contributed by atoms with Crippen LogP contribution in [0.3, 0.4) is 0 Å². The zero-order valence-corrected chi connectivity index (χ0v) is 13.4. The van der Waals surface area contributed by atoms with Crippen molar-refractivity contribution in [1.29, 1.82) is 0 Å². The van der Waals surface area contributed by atoms with Gasteiger partial charge in [0.15, 0.2) is 0 Å². The van der Waals surface area contributed by atoms with E-state index >= 15 is 0 Å². The molecule has 1 aliphatic heterocycles. The standard InChI is InChI=1S/C17H28FN3/c1-13(17(19)15-6-4-5-7-16(15)18)10-21(3)12-14-8-9-20(2)11-14/h4-7,13-14,17H,8-12,19H2,1-3H3. The Hall–Kier alpha value is -0.970. The number of nitrogens with two attached hydrogens (primary N) is 1. The van der Waals surface area contributed by atoms with Crippen molar-refractivity contribution < 1.29 is 4.39 Å². The number of likely N-dealkylation sites (tertiary alicyclic amines) is 1. The predicted octanol–water partition coefficient (Wildman–Crippen LogP) is 2.35. The summed E-state index contributed by atoms with van der Waals surface area (Å²) >= 11 is 0. The van der Waals surface area contributed by atoms with Crippen LogP contribution < -0.4 is 5.73 Å². The van der Waals surface area contributed by atoms with Gasteiger partial charge in [-0.15, -0.1) is 0 Å². The van der Waals surface area contributed by atoms with Crippen LogP contribution in [0.2, 0.25) is 0 Å². The lowest BCUT2D eigenvalue weighted by molar-refractivity contribution is 0.228. The molecule has 3 unspecified atom stereocenters. The lowest BCUT2D eigenvalue weighted by Crippen LogP contribution is -2.35. The summed E-state index contributed by atoms with van der Waals surface area (Å²) < 4.78 is 13.8. The van der Waals surface area contributed by atoms with Gasteiger partial charge in [0.2, 0.25) is 0 Å². The molecule has 4 heteroatoms. The minimum absolute atomic E-state index is 0.197. The molecule has 0 spiro atoms. The second-order valence-electron chi connectivity index (χ2n) is 6.66. The normalized spacial score (nSPS) is 22.7. The van der Waals surface area contributed by atoms with Crippen molar-refractivity contribution in [2.24, 2.45) is 17.6 Å². The monoisotopic (exact) mass is 293 g/mol. The number of nitrogens with zero attached hydrogens (tertiary/aromatic N) is 2. The number of halogens is 1. The first-order valence-corrected chi connectivity index (χ1v) is 7.84. The van der Waals surface area contributed by atoms with Gasteiger partial charge >= 0.3 is 0 Å². The minimum Gasteiger partial charge on any atom is -0.324 e. The van der Waals surface area contributed by atoms with E-state index < -0.39 is 0 Å². The number of benzene rings is 1. The van der Waals surface area contributed by atoms with Gasteiger partial charge in [-0.1, -0.05) is 25.1 Å². The predicted molar refractivity (Wildman–Crippen MR) is 85.6 cm³/mol. The second-order valence-corrected chi connectivity index (χ2v) is 6.66. The summed E-state index contributed by atoms with van der Waals surface area (Å²) in [7, 11) is 4.32. The Balaban J connectivity index is 1.85. The second kappa shape index (κ2) is 7.34. The highest BCUT2D eigenvalue weighted by Gasteiger charge is 2.23. The van der Waals surface area contributed by atoms with Gasteiger partial charge in [0.05, 0.1) is 0 Å². The van der Waals surface area contributed by atoms with E-state index in [1.54, 1.807) is 12.1 Å². The zero-order valence-electron chi connectivity index (χ0n) is 13.4. The molecular formula is C17H28FN3. The van der Waals surface area contributed by atoms with E-state index in [1.165, 1.54) is 25.6 Å². The Morgan fingerprint density at radius 2 is 2.14 bits per heavy atom. The zero-order chi connectivity index (χ0) is 15.4. The van der Waals surface area contributed by atoms with Crippen LogP contribution in [-0.4, -0.2) is 50.1 Å². The Kier molecular flexibility index (Phi) is 5.73. The van der Waals surface area contributed by atoms with Gasteiger partial charge < -0.3 is 15.5 Å². The lowest BCUT2D eigenvalue weighted by Gasteiger charge is -2.28. The quantitative estimate of drug-likeness (QED) is 0.874. The van der Waals surface area contributed by atoms with Crippen molar-refractivity contribution >= 4 is 0 Å². The Labute approximate surface area is 127 Å². The van der Waals surface area contributed by atoms with E-state index in [9.17, 15) is 4.39 Å². The van der Waals surface area contributed by atoms with Crippen LogP contribution in [0.15, 0.2) is 24.3 Å². The van der Waals surface area contributed by atoms with Crippen LogP contribution in [0.25, 0.3) is 0 Å². The maximum absolute atomic E-state index is 13.8. The molecule has 118 valence electrons. The molecule has 0 saturated carbocycles. The van der Waals surface area contributed by atoms with Crippen molar-refractivity contribution in [2.75, 3.05) is 40.3 Å². The van der Waals surface area contributed by atoms with Crippen molar-refractivity contribution in [3.05, 3.63) is 35.6 Å². The lowest BCUT2D eigenvalue weighted by atomic mass is 9.94. The maximum Gasteiger partial charge on any atom is 0.127 e. The van der Waals surface area contributed by atoms with Crippen molar-refractivity contribution in [2.45, 2.75) is 19.4 Å². The summed E-state index contributed by atoms with van der Waals surface area (Å²) in [6.07, 6.45) is 1.27. The van der Waals surface area contributed by atoms with Gasteiger partial charge in [-0.2, -0.15) is 0 Å². The molecule has 1 aromatic rings. The fraction of sp³-hybridized carbons (Fsp3) is 0.647. The summed E-state index contributed by atoms with van der Waals surface area (Å²) in [4.78, 5) is 4.72. The molecule has 0 aliphatic carbocycles. The van der Waals surface area contributed by atoms with E-state index in [-0.39, 0.29) is 17.8 Å². The van der Waals surface area contributed by atoms with Gasteiger partial charge in [-0.3, -0.25) is 0 Å². The van der Waals surface area contributed by atoms with Crippen molar-refractivity contribution in [3.63, 3.8) is 0 Å². The average Bonchev–Trinajstić information content (AvgIpc) is 2.83. The number of hydrogen-bond acceptors (Lipinski definition) is 3. The van der Waals surface area contributed by atoms with E-state index in [4.69, 9.17) is 5.73 Å². The van der Waals surface area contributed by atoms with Crippen molar-refractivity contribution in [3.8, 4) is 0 Å². The highest BCUT2D eigenvalue weighted by atomic mass is 19.1. The number of hydrogen-bond donors (Lipinski definition) is 1. The topological polar surface area (TPSA) is 32.5 Å². The summed E-state index contributed by atoms with van der Waals surface area (Å²) in [6.45, 7) is 6.48. The summed E-state index contributed by atoms with van der Waals surface area (Å²) in [5.74, 6) is 0.778. The van der Waals surface area contributed by atoms with Gasteiger partial charge in [0.25, 0.3) is 0 Å². The smallest absolute Gasteiger partial charge is 0.127 e. The van der Waals surface area contributed by atoms with Crippen LogP contribution in [0.1, 0.15) is 24.9 Å². The molecule has 1 fully saturated rings. The fourth-order valence-electron chi connectivity index (χ4n) is 3.35. The third kappa shape index (κ3) is 4.50. The Bertz CT molecular complexity index is 451. The molecule has 1 saturated heterocycles. The molecular weight excluding hydrogens is 265 g/mol. The summed E-state index contributed by atoms with van der Waals surface area (Å²) in [6, 6.07) is 6.59. The molecule has 0 aromatic heterocycles. The summed E-state index contributed by atoms with van der Waals surface area (Å²) in [5.41, 5.74) is 6.87. The van der Waals surface area contributed by atoms with Gasteiger partial charge in [-0.25, -0.2) is 4.39 Å². The molecule has 1 aliphatic rings. The third-order valence-electron chi connectivity index (χ3n) is 4.54. The van der Waals surface area contributed by atoms with Gasteiger partial charge in [-0.05, 0) is 45.0 Å². The molecule has 3 atom stereocenters. The first kappa shape index (κ1) is 16.4. The SMILES string of the molecule is CC(CN(C)CC1CCN(C)C1)C(N)c1ccccc1F. The minimum atomic E-state index is -0.250. The van der Waals surface area contributed by atoms with Crippen LogP contribution >= 0.6 is 0 Å². The van der Waals surface area contributed by atoms with E-state index in [0.717, 1.165) is 19.0 Å². The van der Waals surface area contributed by atoms with Crippen LogP contribution in [0.4, 0.5) is 4.39 Å². The highest BCUT2D eigenvalue weighted by molar-refractivity contribution is 5.21. The van der Waals surface area contributed by atoms with E-state index in [2.05, 4.69) is 30.8 Å². The first-order valence-electron chi connectivity index (χ1n) is 7.84. The molecule has 0 amide bonds. The number of rotatable bonds is 6. The van der Waals surface area contributed by atoms with Crippen molar-refractivity contribution in [1.82, 2.24) is 9.80 Å². The highest BCUT2D eigenvalue weighted by Crippen LogP contribution is 2.23. The fourth-order valence-corrected chi connectivity index (χ4v) is 3.35. The van der Waals surface area contributed by atoms with E-state index in [1.807, 2.05) is 6.07 Å². The van der Waals surface area contributed by atoms with Crippen LogP contribution in [0.5, 0.6) is 0 Å². The van der Waals surface area contributed by atoms with Crippen LogP contribution in [-0.2, 0) is 0 Å². The largest absolute Gasteiger partial charge is 0.324 e. The molecule has 0 radical (unpaired) electrons. The first-order chi connectivity index (χ1) is 9.97. The molecule has 21 heavy (non-hydrogen) atoms. The maximum atomic E-state index is 13.8. The van der Waals surface area contributed by atoms with Gasteiger partial charge in [0, 0.05) is 31.2 Å². The molecule has 3 nitrogen and oxygen atoms in total. The Morgan fingerprint density at radius 1 is 1.43 bits per heavy atom. The molecule has 1 aromatic carbocycles. The molecule has 2 N–H and O–H groups in total. The molecule has 0 bridgehead atoms.